The highest BCUT2D eigenvalue weighted by Gasteiger charge is 2.41. The van der Waals surface area contributed by atoms with Crippen LogP contribution in [0.4, 0.5) is 5.69 Å². The summed E-state index contributed by atoms with van der Waals surface area (Å²) in [5.41, 5.74) is 2.04. The molecule has 22 heavy (non-hydrogen) atoms. The van der Waals surface area contributed by atoms with Crippen molar-refractivity contribution in [1.82, 2.24) is 9.78 Å². The summed E-state index contributed by atoms with van der Waals surface area (Å²) >= 11 is 11.9. The van der Waals surface area contributed by atoms with Gasteiger partial charge in [0.05, 0.1) is 17.8 Å². The average molecular weight is 338 g/mol. The minimum absolute atomic E-state index is 0.0743. The Bertz CT molecular complexity index is 765. The summed E-state index contributed by atoms with van der Waals surface area (Å²) in [4.78, 5) is 26.1. The van der Waals surface area contributed by atoms with Crippen molar-refractivity contribution in [2.75, 3.05) is 4.90 Å². The van der Waals surface area contributed by atoms with E-state index in [-0.39, 0.29) is 18.2 Å². The second-order valence-corrected chi connectivity index (χ2v) is 6.16. The fourth-order valence-corrected chi connectivity index (χ4v) is 3.22. The van der Waals surface area contributed by atoms with Gasteiger partial charge in [0.2, 0.25) is 5.91 Å². The monoisotopic (exact) mass is 337 g/mol. The molecule has 1 aliphatic rings. The second kappa shape index (κ2) is 5.41. The lowest BCUT2D eigenvalue weighted by molar-refractivity contribution is -0.122. The Labute approximate surface area is 137 Å². The van der Waals surface area contributed by atoms with Crippen molar-refractivity contribution < 1.29 is 9.59 Å². The maximum absolute atomic E-state index is 12.7. The van der Waals surface area contributed by atoms with Gasteiger partial charge in [-0.15, -0.1) is 0 Å². The molecular formula is C15H13Cl2N3O2. The van der Waals surface area contributed by atoms with Crippen molar-refractivity contribution in [3.8, 4) is 0 Å². The fraction of sp³-hybridized carbons (Fsp3) is 0.267. The minimum Gasteiger partial charge on any atom is -0.274 e. The molecule has 1 aliphatic heterocycles. The molecule has 0 spiro atoms. The first kappa shape index (κ1) is 15.1. The lowest BCUT2D eigenvalue weighted by Crippen LogP contribution is -2.31. The third kappa shape index (κ3) is 2.51. The lowest BCUT2D eigenvalue weighted by atomic mass is 10.2. The summed E-state index contributed by atoms with van der Waals surface area (Å²) in [6, 6.07) is 5.89. The number of aromatic nitrogens is 2. The SMILES string of the molecule is Cc1cc(C)n([C@@H]2CC(=O)N(c3cc(Cl)cc(Cl)c3)C2=O)n1. The number of carbonyl (C=O) groups is 2. The van der Waals surface area contributed by atoms with Crippen LogP contribution >= 0.6 is 23.2 Å². The van der Waals surface area contributed by atoms with Crippen LogP contribution in [0, 0.1) is 13.8 Å². The molecule has 1 fully saturated rings. The summed E-state index contributed by atoms with van der Waals surface area (Å²) in [5, 5.41) is 5.05. The number of hydrogen-bond acceptors (Lipinski definition) is 3. The molecule has 0 radical (unpaired) electrons. The van der Waals surface area contributed by atoms with Gasteiger partial charge < -0.3 is 0 Å². The molecule has 7 heteroatoms. The van der Waals surface area contributed by atoms with Crippen molar-refractivity contribution >= 4 is 40.7 Å². The molecule has 1 atom stereocenters. The molecule has 2 aromatic rings. The number of imide groups is 1. The molecule has 1 aromatic carbocycles. The Hall–Kier alpha value is -1.85. The van der Waals surface area contributed by atoms with E-state index in [0.717, 1.165) is 16.3 Å². The molecule has 0 saturated carbocycles. The van der Waals surface area contributed by atoms with Crippen LogP contribution in [0.25, 0.3) is 0 Å². The third-order valence-electron chi connectivity index (χ3n) is 3.57. The molecule has 0 bridgehead atoms. The van der Waals surface area contributed by atoms with E-state index in [9.17, 15) is 9.59 Å². The zero-order valence-electron chi connectivity index (χ0n) is 12.0. The van der Waals surface area contributed by atoms with E-state index in [1.165, 1.54) is 0 Å². The third-order valence-corrected chi connectivity index (χ3v) is 4.00. The summed E-state index contributed by atoms with van der Waals surface area (Å²) in [7, 11) is 0. The van der Waals surface area contributed by atoms with Crippen molar-refractivity contribution in [2.45, 2.75) is 26.3 Å². The topological polar surface area (TPSA) is 55.2 Å². The van der Waals surface area contributed by atoms with Gasteiger partial charge in [-0.25, -0.2) is 4.90 Å². The van der Waals surface area contributed by atoms with E-state index < -0.39 is 6.04 Å². The normalized spacial score (nSPS) is 18.4. The smallest absolute Gasteiger partial charge is 0.259 e. The summed E-state index contributed by atoms with van der Waals surface area (Å²) in [6.07, 6.45) is 0.0743. The first-order chi connectivity index (χ1) is 10.4. The van der Waals surface area contributed by atoms with Crippen LogP contribution in [-0.4, -0.2) is 21.6 Å². The van der Waals surface area contributed by atoms with Gasteiger partial charge in [-0.3, -0.25) is 14.3 Å². The zero-order chi connectivity index (χ0) is 16.0. The van der Waals surface area contributed by atoms with E-state index in [1.54, 1.807) is 22.9 Å². The highest BCUT2D eigenvalue weighted by atomic mass is 35.5. The van der Waals surface area contributed by atoms with Gasteiger partial charge in [-0.1, -0.05) is 23.2 Å². The predicted octanol–water partition coefficient (Wildman–Crippen LogP) is 3.31. The lowest BCUT2D eigenvalue weighted by Gasteiger charge is -2.16. The maximum Gasteiger partial charge on any atom is 0.259 e. The summed E-state index contributed by atoms with van der Waals surface area (Å²) in [5.74, 6) is -0.615. The molecule has 0 unspecified atom stereocenters. The number of aryl methyl sites for hydroxylation is 2. The van der Waals surface area contributed by atoms with Crippen molar-refractivity contribution in [3.05, 3.63) is 45.7 Å². The molecule has 2 heterocycles. The Balaban J connectivity index is 2.00. The average Bonchev–Trinajstić information content (AvgIpc) is 2.87. The Morgan fingerprint density at radius 1 is 1.09 bits per heavy atom. The summed E-state index contributed by atoms with van der Waals surface area (Å²) < 4.78 is 1.60. The standard InChI is InChI=1S/C15H13Cl2N3O2/c1-8-3-9(2)20(18-8)13-7-14(21)19(15(13)22)12-5-10(16)4-11(17)6-12/h3-6,13H,7H2,1-2H3/t13-/m1/s1. The molecule has 5 nitrogen and oxygen atoms in total. The zero-order valence-corrected chi connectivity index (χ0v) is 13.5. The number of benzene rings is 1. The number of nitrogens with zero attached hydrogens (tertiary/aromatic N) is 3. The van der Waals surface area contributed by atoms with Gasteiger partial charge >= 0.3 is 0 Å². The Morgan fingerprint density at radius 3 is 2.27 bits per heavy atom. The second-order valence-electron chi connectivity index (χ2n) is 5.29. The van der Waals surface area contributed by atoms with Crippen LogP contribution in [0.1, 0.15) is 23.9 Å². The molecule has 114 valence electrons. The number of amides is 2. The number of hydrogen-bond donors (Lipinski definition) is 0. The summed E-state index contributed by atoms with van der Waals surface area (Å²) in [6.45, 7) is 3.70. The van der Waals surface area contributed by atoms with Gasteiger partial charge in [0, 0.05) is 15.7 Å². The van der Waals surface area contributed by atoms with E-state index in [2.05, 4.69) is 5.10 Å². The van der Waals surface area contributed by atoms with Gasteiger partial charge in [0.15, 0.2) is 0 Å². The van der Waals surface area contributed by atoms with Crippen LogP contribution in [0.2, 0.25) is 10.0 Å². The molecule has 1 aromatic heterocycles. The van der Waals surface area contributed by atoms with Gasteiger partial charge in [0.1, 0.15) is 6.04 Å². The van der Waals surface area contributed by atoms with Crippen LogP contribution in [0.15, 0.2) is 24.3 Å². The van der Waals surface area contributed by atoms with Crippen molar-refractivity contribution in [1.29, 1.82) is 0 Å². The van der Waals surface area contributed by atoms with E-state index in [1.807, 2.05) is 19.9 Å². The van der Waals surface area contributed by atoms with Crippen LogP contribution in [-0.2, 0) is 9.59 Å². The Morgan fingerprint density at radius 2 is 1.73 bits per heavy atom. The van der Waals surface area contributed by atoms with Crippen molar-refractivity contribution in [2.24, 2.45) is 0 Å². The predicted molar refractivity (Wildman–Crippen MR) is 84.3 cm³/mol. The van der Waals surface area contributed by atoms with Crippen LogP contribution in [0.3, 0.4) is 0 Å². The number of anilines is 1. The van der Waals surface area contributed by atoms with Gasteiger partial charge in [-0.05, 0) is 38.1 Å². The van der Waals surface area contributed by atoms with Gasteiger partial charge in [0.25, 0.3) is 5.91 Å². The maximum atomic E-state index is 12.7. The Kier molecular flexibility index (Phi) is 3.70. The van der Waals surface area contributed by atoms with E-state index >= 15 is 0 Å². The largest absolute Gasteiger partial charge is 0.274 e. The molecule has 0 aliphatic carbocycles. The number of carbonyl (C=O) groups excluding carboxylic acids is 2. The molecular weight excluding hydrogens is 325 g/mol. The first-order valence-electron chi connectivity index (χ1n) is 6.72. The molecule has 2 amide bonds. The van der Waals surface area contributed by atoms with Gasteiger partial charge in [-0.2, -0.15) is 5.10 Å². The quantitative estimate of drug-likeness (QED) is 0.790. The first-order valence-corrected chi connectivity index (χ1v) is 7.48. The van der Waals surface area contributed by atoms with E-state index in [0.29, 0.717) is 15.7 Å². The molecule has 3 rings (SSSR count). The molecule has 0 N–H and O–H groups in total. The van der Waals surface area contributed by atoms with Crippen LogP contribution in [0.5, 0.6) is 0 Å². The highest BCUT2D eigenvalue weighted by molar-refractivity contribution is 6.35. The van der Waals surface area contributed by atoms with E-state index in [4.69, 9.17) is 23.2 Å². The number of rotatable bonds is 2. The highest BCUT2D eigenvalue weighted by Crippen LogP contribution is 2.33. The minimum atomic E-state index is -0.626. The fourth-order valence-electron chi connectivity index (χ4n) is 2.71. The molecule has 1 saturated heterocycles. The van der Waals surface area contributed by atoms with Crippen molar-refractivity contribution in [3.63, 3.8) is 0 Å². The van der Waals surface area contributed by atoms with Crippen LogP contribution < -0.4 is 4.90 Å². The number of halogens is 2.